The Hall–Kier alpha value is -0.820. The maximum absolute atomic E-state index is 3.82. The van der Waals surface area contributed by atoms with Crippen molar-refractivity contribution in [2.45, 2.75) is 64.3 Å². The zero-order chi connectivity index (χ0) is 13.3. The summed E-state index contributed by atoms with van der Waals surface area (Å²) in [6, 6.07) is 9.66. The molecule has 0 aromatic heterocycles. The molecule has 104 valence electrons. The molecule has 0 heterocycles. The monoisotopic (exact) mass is 257 g/mol. The highest BCUT2D eigenvalue weighted by Crippen LogP contribution is 2.40. The van der Waals surface area contributed by atoms with Gasteiger partial charge in [0.1, 0.15) is 0 Å². The second kappa shape index (κ2) is 5.28. The first-order valence-corrected chi connectivity index (χ1v) is 7.95. The molecule has 19 heavy (non-hydrogen) atoms. The summed E-state index contributed by atoms with van der Waals surface area (Å²) in [6.45, 7) is 5.94. The normalized spacial score (nSPS) is 29.2. The topological polar surface area (TPSA) is 12.0 Å². The average Bonchev–Trinajstić information content (AvgIpc) is 2.77. The number of rotatable bonds is 4. The van der Waals surface area contributed by atoms with Gasteiger partial charge >= 0.3 is 0 Å². The second-order valence-electron chi connectivity index (χ2n) is 7.12. The Kier molecular flexibility index (Phi) is 3.66. The largest absolute Gasteiger partial charge is 0.313 e. The lowest BCUT2D eigenvalue weighted by Crippen LogP contribution is -2.44. The van der Waals surface area contributed by atoms with E-state index in [4.69, 9.17) is 0 Å². The van der Waals surface area contributed by atoms with Crippen LogP contribution in [-0.2, 0) is 0 Å². The summed E-state index contributed by atoms with van der Waals surface area (Å²) in [4.78, 5) is 0. The third-order valence-electron chi connectivity index (χ3n) is 5.39. The Balaban J connectivity index is 1.47. The van der Waals surface area contributed by atoms with Gasteiger partial charge in [-0.2, -0.15) is 0 Å². The molecule has 3 rings (SSSR count). The van der Waals surface area contributed by atoms with Crippen molar-refractivity contribution in [3.8, 4) is 0 Å². The number of hydrogen-bond donors (Lipinski definition) is 1. The van der Waals surface area contributed by atoms with Gasteiger partial charge < -0.3 is 5.32 Å². The van der Waals surface area contributed by atoms with E-state index in [1.165, 1.54) is 50.6 Å². The third-order valence-corrected chi connectivity index (χ3v) is 5.39. The fourth-order valence-electron chi connectivity index (χ4n) is 3.88. The van der Waals surface area contributed by atoms with Gasteiger partial charge in [0.25, 0.3) is 0 Å². The van der Waals surface area contributed by atoms with Gasteiger partial charge in [0.2, 0.25) is 0 Å². The lowest BCUT2D eigenvalue weighted by molar-refractivity contribution is 0.234. The van der Waals surface area contributed by atoms with E-state index in [1.54, 1.807) is 5.56 Å². The van der Waals surface area contributed by atoms with Gasteiger partial charge in [0.05, 0.1) is 0 Å². The second-order valence-corrected chi connectivity index (χ2v) is 7.12. The number of benzene rings is 1. The minimum atomic E-state index is 0.591. The van der Waals surface area contributed by atoms with Crippen molar-refractivity contribution in [3.63, 3.8) is 0 Å². The predicted octanol–water partition coefficient (Wildman–Crippen LogP) is 4.41. The summed E-state index contributed by atoms with van der Waals surface area (Å²) in [7, 11) is 0. The minimum absolute atomic E-state index is 0.591. The molecular formula is C18H27N. The summed E-state index contributed by atoms with van der Waals surface area (Å²) in [5, 5.41) is 3.82. The molecular weight excluding hydrogens is 230 g/mol. The number of nitrogens with one attached hydrogen (secondary N) is 1. The molecule has 2 fully saturated rings. The van der Waals surface area contributed by atoms with Crippen LogP contribution in [0.1, 0.15) is 62.5 Å². The Labute approximate surface area is 117 Å². The van der Waals surface area contributed by atoms with Crippen LogP contribution in [-0.4, -0.2) is 12.6 Å². The average molecular weight is 257 g/mol. The Morgan fingerprint density at radius 1 is 1.16 bits per heavy atom. The van der Waals surface area contributed by atoms with Crippen LogP contribution in [0, 0.1) is 12.3 Å². The van der Waals surface area contributed by atoms with Crippen molar-refractivity contribution in [1.82, 2.24) is 5.32 Å². The number of aryl methyl sites for hydroxylation is 1. The lowest BCUT2D eigenvalue weighted by atomic mass is 9.74. The quantitative estimate of drug-likeness (QED) is 0.842. The van der Waals surface area contributed by atoms with Crippen LogP contribution in [0.15, 0.2) is 24.3 Å². The smallest absolute Gasteiger partial charge is 0.00789 e. The van der Waals surface area contributed by atoms with Gasteiger partial charge in [-0.15, -0.1) is 0 Å². The molecule has 1 aromatic carbocycles. The Bertz CT molecular complexity index is 425. The fraction of sp³-hybridized carbons (Fsp3) is 0.667. The van der Waals surface area contributed by atoms with E-state index >= 15 is 0 Å². The molecule has 1 N–H and O–H groups in total. The van der Waals surface area contributed by atoms with E-state index in [0.717, 1.165) is 12.0 Å². The van der Waals surface area contributed by atoms with E-state index in [2.05, 4.69) is 43.4 Å². The summed E-state index contributed by atoms with van der Waals surface area (Å²) < 4.78 is 0. The van der Waals surface area contributed by atoms with E-state index in [0.29, 0.717) is 5.41 Å². The van der Waals surface area contributed by atoms with Gasteiger partial charge in [0.15, 0.2) is 0 Å². The maximum atomic E-state index is 3.82. The van der Waals surface area contributed by atoms with Crippen LogP contribution in [0.2, 0.25) is 0 Å². The first-order chi connectivity index (χ1) is 9.16. The van der Waals surface area contributed by atoms with Crippen LogP contribution >= 0.6 is 0 Å². The van der Waals surface area contributed by atoms with Crippen molar-refractivity contribution in [3.05, 3.63) is 35.4 Å². The highest BCUT2D eigenvalue weighted by Gasteiger charge is 2.34. The first-order valence-electron chi connectivity index (χ1n) is 7.95. The zero-order valence-electron chi connectivity index (χ0n) is 12.4. The molecule has 1 aromatic rings. The molecule has 0 unspecified atom stereocenters. The molecule has 0 spiro atoms. The Morgan fingerprint density at radius 3 is 2.53 bits per heavy atom. The van der Waals surface area contributed by atoms with Crippen LogP contribution < -0.4 is 5.32 Å². The van der Waals surface area contributed by atoms with Crippen molar-refractivity contribution in [1.29, 1.82) is 0 Å². The van der Waals surface area contributed by atoms with Crippen LogP contribution in [0.3, 0.4) is 0 Å². The number of hydrogen-bond acceptors (Lipinski definition) is 1. The van der Waals surface area contributed by atoms with Crippen molar-refractivity contribution >= 4 is 0 Å². The lowest BCUT2D eigenvalue weighted by Gasteiger charge is -2.39. The van der Waals surface area contributed by atoms with E-state index < -0.39 is 0 Å². The van der Waals surface area contributed by atoms with Crippen LogP contribution in [0.4, 0.5) is 0 Å². The molecule has 0 radical (unpaired) electrons. The molecule has 0 bridgehead atoms. The maximum Gasteiger partial charge on any atom is 0.00789 e. The molecule has 1 nitrogen and oxygen atoms in total. The highest BCUT2D eigenvalue weighted by atomic mass is 14.9. The summed E-state index contributed by atoms with van der Waals surface area (Å²) in [5.74, 6) is 0.801. The molecule has 1 heteroatoms. The van der Waals surface area contributed by atoms with Gasteiger partial charge in [-0.05, 0) is 55.1 Å². The fourth-order valence-corrected chi connectivity index (χ4v) is 3.88. The molecule has 2 saturated carbocycles. The standard InChI is InChI=1S/C18H27N/c1-14-7-3-4-8-17(14)15-11-16(12-15)19-13-18(2)9-5-6-10-18/h3-4,7-8,15-16,19H,5-6,9-13H2,1-2H3. The summed E-state index contributed by atoms with van der Waals surface area (Å²) in [6.07, 6.45) is 8.40. The first kappa shape index (κ1) is 13.2. The molecule has 0 saturated heterocycles. The van der Waals surface area contributed by atoms with Crippen molar-refractivity contribution in [2.75, 3.05) is 6.54 Å². The van der Waals surface area contributed by atoms with Crippen molar-refractivity contribution < 1.29 is 0 Å². The predicted molar refractivity (Wildman–Crippen MR) is 81.5 cm³/mol. The summed E-state index contributed by atoms with van der Waals surface area (Å²) in [5.41, 5.74) is 3.63. The van der Waals surface area contributed by atoms with E-state index in [1.807, 2.05) is 0 Å². The van der Waals surface area contributed by atoms with Crippen LogP contribution in [0.25, 0.3) is 0 Å². The SMILES string of the molecule is Cc1ccccc1C1CC(NCC2(C)CCCC2)C1. The minimum Gasteiger partial charge on any atom is -0.313 e. The molecule has 0 amide bonds. The van der Waals surface area contributed by atoms with E-state index in [9.17, 15) is 0 Å². The highest BCUT2D eigenvalue weighted by molar-refractivity contribution is 5.31. The molecule has 0 aliphatic heterocycles. The van der Waals surface area contributed by atoms with Gasteiger partial charge in [-0.3, -0.25) is 0 Å². The summed E-state index contributed by atoms with van der Waals surface area (Å²) >= 11 is 0. The molecule has 2 aliphatic carbocycles. The molecule has 2 aliphatic rings. The zero-order valence-corrected chi connectivity index (χ0v) is 12.4. The Morgan fingerprint density at radius 2 is 1.84 bits per heavy atom. The van der Waals surface area contributed by atoms with Gasteiger partial charge in [-0.25, -0.2) is 0 Å². The van der Waals surface area contributed by atoms with E-state index in [-0.39, 0.29) is 0 Å². The van der Waals surface area contributed by atoms with Gasteiger partial charge in [0, 0.05) is 12.6 Å². The van der Waals surface area contributed by atoms with Crippen molar-refractivity contribution in [2.24, 2.45) is 5.41 Å². The van der Waals surface area contributed by atoms with Gasteiger partial charge in [-0.1, -0.05) is 44.0 Å². The molecule has 0 atom stereocenters. The third kappa shape index (κ3) is 2.86. The van der Waals surface area contributed by atoms with Crippen LogP contribution in [0.5, 0.6) is 0 Å².